The minimum atomic E-state index is -0.247. The van der Waals surface area contributed by atoms with E-state index in [1.54, 1.807) is 4.90 Å². The summed E-state index contributed by atoms with van der Waals surface area (Å²) in [6.07, 6.45) is 0.483. The van der Waals surface area contributed by atoms with Gasteiger partial charge in [-0.25, -0.2) is 0 Å². The second-order valence-electron chi connectivity index (χ2n) is 5.22. The van der Waals surface area contributed by atoms with Crippen LogP contribution in [0.3, 0.4) is 0 Å². The van der Waals surface area contributed by atoms with Gasteiger partial charge in [-0.05, 0) is 31.4 Å². The minimum Gasteiger partial charge on any atom is -0.396 e. The molecule has 0 spiro atoms. The van der Waals surface area contributed by atoms with Crippen LogP contribution in [0.1, 0.15) is 17.5 Å². The Hall–Kier alpha value is -1.55. The Morgan fingerprint density at radius 2 is 1.89 bits per heavy atom. The Morgan fingerprint density at radius 1 is 1.26 bits per heavy atom. The van der Waals surface area contributed by atoms with Crippen molar-refractivity contribution in [3.8, 4) is 0 Å². The van der Waals surface area contributed by atoms with Crippen LogP contribution in [0.4, 0.5) is 5.69 Å². The SMILES string of the molecule is Cc1cccc(C)c1N1CCN(C)C(=O)C1CCO. The van der Waals surface area contributed by atoms with Gasteiger partial charge in [0.1, 0.15) is 6.04 Å². The predicted molar refractivity (Wildman–Crippen MR) is 76.4 cm³/mol. The Labute approximate surface area is 114 Å². The summed E-state index contributed by atoms with van der Waals surface area (Å²) in [5.74, 6) is 0.1000. The molecule has 1 aliphatic rings. The molecule has 1 heterocycles. The summed E-state index contributed by atoms with van der Waals surface area (Å²) >= 11 is 0. The minimum absolute atomic E-state index is 0.0334. The Bertz CT molecular complexity index is 453. The van der Waals surface area contributed by atoms with Crippen LogP contribution in [0.15, 0.2) is 18.2 Å². The maximum absolute atomic E-state index is 12.3. The molecule has 1 unspecified atom stereocenters. The third kappa shape index (κ3) is 2.59. The first-order valence-electron chi connectivity index (χ1n) is 6.75. The molecule has 0 aliphatic carbocycles. The number of piperazine rings is 1. The third-order valence-electron chi connectivity index (χ3n) is 3.84. The topological polar surface area (TPSA) is 43.8 Å². The molecular weight excluding hydrogens is 240 g/mol. The molecule has 0 bridgehead atoms. The number of aliphatic hydroxyl groups excluding tert-OH is 1. The van der Waals surface area contributed by atoms with Gasteiger partial charge < -0.3 is 14.9 Å². The van der Waals surface area contributed by atoms with Gasteiger partial charge in [-0.15, -0.1) is 0 Å². The molecular formula is C15H22N2O2. The van der Waals surface area contributed by atoms with Gasteiger partial charge in [0.15, 0.2) is 0 Å². The van der Waals surface area contributed by atoms with E-state index in [0.717, 1.165) is 18.8 Å². The lowest BCUT2D eigenvalue weighted by Gasteiger charge is -2.41. The number of likely N-dealkylation sites (N-methyl/N-ethyl adjacent to an activating group) is 1. The van der Waals surface area contributed by atoms with Gasteiger partial charge in [0.2, 0.25) is 5.91 Å². The van der Waals surface area contributed by atoms with Crippen molar-refractivity contribution in [1.29, 1.82) is 0 Å². The number of anilines is 1. The number of amides is 1. The van der Waals surface area contributed by atoms with E-state index >= 15 is 0 Å². The van der Waals surface area contributed by atoms with Crippen LogP contribution in [0, 0.1) is 13.8 Å². The van der Waals surface area contributed by atoms with Gasteiger partial charge in [-0.3, -0.25) is 4.79 Å². The largest absolute Gasteiger partial charge is 0.396 e. The molecule has 2 rings (SSSR count). The molecule has 1 N–H and O–H groups in total. The fraction of sp³-hybridized carbons (Fsp3) is 0.533. The third-order valence-corrected chi connectivity index (χ3v) is 3.84. The number of carbonyl (C=O) groups is 1. The molecule has 0 saturated carbocycles. The summed E-state index contributed by atoms with van der Waals surface area (Å²) in [7, 11) is 1.83. The van der Waals surface area contributed by atoms with E-state index in [1.165, 1.54) is 11.1 Å². The number of hydrogen-bond acceptors (Lipinski definition) is 3. The van der Waals surface area contributed by atoms with E-state index in [-0.39, 0.29) is 18.6 Å². The number of nitrogens with zero attached hydrogens (tertiary/aromatic N) is 2. The number of rotatable bonds is 3. The van der Waals surface area contributed by atoms with Crippen molar-refractivity contribution in [2.45, 2.75) is 26.3 Å². The molecule has 1 saturated heterocycles. The van der Waals surface area contributed by atoms with Gasteiger partial charge in [0, 0.05) is 32.4 Å². The van der Waals surface area contributed by atoms with Crippen molar-refractivity contribution in [3.63, 3.8) is 0 Å². The molecule has 1 fully saturated rings. The lowest BCUT2D eigenvalue weighted by atomic mass is 10.0. The van der Waals surface area contributed by atoms with Crippen LogP contribution in [0.2, 0.25) is 0 Å². The molecule has 1 aromatic rings. The summed E-state index contributed by atoms with van der Waals surface area (Å²) < 4.78 is 0. The van der Waals surface area contributed by atoms with Gasteiger partial charge in [0.05, 0.1) is 0 Å². The fourth-order valence-corrected chi connectivity index (χ4v) is 2.84. The van der Waals surface area contributed by atoms with Crippen LogP contribution < -0.4 is 4.90 Å². The second-order valence-corrected chi connectivity index (χ2v) is 5.22. The highest BCUT2D eigenvalue weighted by Gasteiger charge is 2.33. The zero-order valence-electron chi connectivity index (χ0n) is 11.9. The number of para-hydroxylation sites is 1. The highest BCUT2D eigenvalue weighted by atomic mass is 16.3. The van der Waals surface area contributed by atoms with Crippen molar-refractivity contribution >= 4 is 11.6 Å². The van der Waals surface area contributed by atoms with Gasteiger partial charge in [-0.2, -0.15) is 0 Å². The van der Waals surface area contributed by atoms with Crippen LogP contribution in [0.25, 0.3) is 0 Å². The fourth-order valence-electron chi connectivity index (χ4n) is 2.84. The van der Waals surface area contributed by atoms with Gasteiger partial charge >= 0.3 is 0 Å². The van der Waals surface area contributed by atoms with Gasteiger partial charge in [-0.1, -0.05) is 18.2 Å². The summed E-state index contributed by atoms with van der Waals surface area (Å²) in [5.41, 5.74) is 3.50. The van der Waals surface area contributed by atoms with Crippen molar-refractivity contribution in [2.24, 2.45) is 0 Å². The maximum atomic E-state index is 12.3. The van der Waals surface area contributed by atoms with Crippen molar-refractivity contribution < 1.29 is 9.90 Å². The van der Waals surface area contributed by atoms with Gasteiger partial charge in [0.25, 0.3) is 0 Å². The molecule has 0 radical (unpaired) electrons. The van der Waals surface area contributed by atoms with Crippen molar-refractivity contribution in [3.05, 3.63) is 29.3 Å². The van der Waals surface area contributed by atoms with Crippen LogP contribution in [0.5, 0.6) is 0 Å². The van der Waals surface area contributed by atoms with Crippen LogP contribution >= 0.6 is 0 Å². The first-order chi connectivity index (χ1) is 9.06. The molecule has 19 heavy (non-hydrogen) atoms. The Morgan fingerprint density at radius 3 is 2.47 bits per heavy atom. The van der Waals surface area contributed by atoms with Crippen LogP contribution in [-0.4, -0.2) is 48.7 Å². The zero-order chi connectivity index (χ0) is 14.0. The number of benzene rings is 1. The lowest BCUT2D eigenvalue weighted by molar-refractivity contribution is -0.133. The second kappa shape index (κ2) is 5.61. The first kappa shape index (κ1) is 13.9. The molecule has 1 aliphatic heterocycles. The smallest absolute Gasteiger partial charge is 0.245 e. The Balaban J connectivity index is 2.38. The van der Waals surface area contributed by atoms with Crippen molar-refractivity contribution in [1.82, 2.24) is 4.90 Å². The van der Waals surface area contributed by atoms with E-state index in [9.17, 15) is 9.90 Å². The van der Waals surface area contributed by atoms with E-state index < -0.39 is 0 Å². The highest BCUT2D eigenvalue weighted by Crippen LogP contribution is 2.29. The maximum Gasteiger partial charge on any atom is 0.245 e. The lowest BCUT2D eigenvalue weighted by Crippen LogP contribution is -2.56. The average Bonchev–Trinajstić information content (AvgIpc) is 2.37. The van der Waals surface area contributed by atoms with E-state index in [1.807, 2.05) is 13.1 Å². The Kier molecular flexibility index (Phi) is 4.10. The summed E-state index contributed by atoms with van der Waals surface area (Å²) in [5, 5.41) is 9.23. The first-order valence-corrected chi connectivity index (χ1v) is 6.75. The molecule has 4 heteroatoms. The van der Waals surface area contributed by atoms with E-state index in [0.29, 0.717) is 6.42 Å². The average molecular weight is 262 g/mol. The molecule has 1 atom stereocenters. The number of hydrogen-bond donors (Lipinski definition) is 1. The molecule has 4 nitrogen and oxygen atoms in total. The molecule has 1 aromatic carbocycles. The summed E-state index contributed by atoms with van der Waals surface area (Å²) in [6.45, 7) is 5.72. The van der Waals surface area contributed by atoms with E-state index in [2.05, 4.69) is 30.9 Å². The number of aliphatic hydroxyl groups is 1. The standard InChI is InChI=1S/C15H22N2O2/c1-11-5-4-6-12(2)14(11)17-9-8-16(3)15(19)13(17)7-10-18/h4-6,13,18H,7-10H2,1-3H3. The number of carbonyl (C=O) groups excluding carboxylic acids is 1. The van der Waals surface area contributed by atoms with Crippen molar-refractivity contribution in [2.75, 3.05) is 31.6 Å². The van der Waals surface area contributed by atoms with E-state index in [4.69, 9.17) is 0 Å². The summed E-state index contributed by atoms with van der Waals surface area (Å²) in [4.78, 5) is 16.2. The quantitative estimate of drug-likeness (QED) is 0.894. The number of aryl methyl sites for hydroxylation is 2. The molecule has 0 aromatic heterocycles. The van der Waals surface area contributed by atoms with Crippen LogP contribution in [-0.2, 0) is 4.79 Å². The molecule has 104 valence electrons. The normalized spacial score (nSPS) is 20.0. The highest BCUT2D eigenvalue weighted by molar-refractivity contribution is 5.87. The zero-order valence-corrected chi connectivity index (χ0v) is 11.9. The predicted octanol–water partition coefficient (Wildman–Crippen LogP) is 1.33. The molecule has 1 amide bonds. The monoisotopic (exact) mass is 262 g/mol. The summed E-state index contributed by atoms with van der Waals surface area (Å²) in [6, 6.07) is 5.93.